The Labute approximate surface area is 197 Å². The molecule has 0 radical (unpaired) electrons. The zero-order chi connectivity index (χ0) is 20.2. The van der Waals surface area contributed by atoms with Crippen molar-refractivity contribution in [1.29, 1.82) is 0 Å². The lowest BCUT2D eigenvalue weighted by molar-refractivity contribution is 0.125. The van der Waals surface area contributed by atoms with E-state index in [9.17, 15) is 0 Å². The van der Waals surface area contributed by atoms with Crippen molar-refractivity contribution in [2.75, 3.05) is 72.0 Å². The highest BCUT2D eigenvalue weighted by Gasteiger charge is 2.18. The van der Waals surface area contributed by atoms with Crippen molar-refractivity contribution in [2.45, 2.75) is 59.4 Å². The molecule has 2 fully saturated rings. The van der Waals surface area contributed by atoms with Gasteiger partial charge >= 0.3 is 0 Å². The minimum absolute atomic E-state index is 0. The molecular weight excluding hydrogens is 475 g/mol. The Hall–Kier alpha value is -0.120. The third-order valence-corrected chi connectivity index (χ3v) is 6.24. The highest BCUT2D eigenvalue weighted by Crippen LogP contribution is 2.16. The van der Waals surface area contributed by atoms with E-state index in [0.717, 1.165) is 38.2 Å². The molecule has 6 nitrogen and oxygen atoms in total. The lowest BCUT2D eigenvalue weighted by Gasteiger charge is -2.35. The number of piperazine rings is 1. The van der Waals surface area contributed by atoms with Gasteiger partial charge in [-0.15, -0.1) is 24.0 Å². The van der Waals surface area contributed by atoms with Crippen LogP contribution in [0.15, 0.2) is 4.99 Å². The number of hydrogen-bond donors (Lipinski definition) is 2. The average molecular weight is 523 g/mol. The maximum Gasteiger partial charge on any atom is 0.191 e. The summed E-state index contributed by atoms with van der Waals surface area (Å²) in [5.74, 6) is 1.58. The van der Waals surface area contributed by atoms with Gasteiger partial charge < -0.3 is 25.3 Å². The molecule has 172 valence electrons. The number of guanidine groups is 1. The molecule has 0 spiro atoms. The SMILES string of the molecule is CCNC(=NCC(C)CN1CCN(CC)CC1)NCCCN1CCCCC1C.I. The average Bonchev–Trinajstić information content (AvgIpc) is 2.71. The van der Waals surface area contributed by atoms with Crippen LogP contribution in [0.1, 0.15) is 53.4 Å². The largest absolute Gasteiger partial charge is 0.357 e. The third-order valence-electron chi connectivity index (χ3n) is 6.24. The van der Waals surface area contributed by atoms with E-state index >= 15 is 0 Å². The molecule has 2 atom stereocenters. The van der Waals surface area contributed by atoms with E-state index in [1.165, 1.54) is 71.5 Å². The maximum atomic E-state index is 4.85. The normalized spacial score (nSPS) is 23.4. The number of likely N-dealkylation sites (N-methyl/N-ethyl adjacent to an activating group) is 1. The molecule has 2 heterocycles. The fourth-order valence-corrected chi connectivity index (χ4v) is 4.35. The molecule has 2 saturated heterocycles. The molecule has 0 bridgehead atoms. The summed E-state index contributed by atoms with van der Waals surface area (Å²) >= 11 is 0. The van der Waals surface area contributed by atoms with Gasteiger partial charge in [0.1, 0.15) is 0 Å². The number of piperidine rings is 1. The van der Waals surface area contributed by atoms with Crippen LogP contribution in [-0.4, -0.2) is 98.7 Å². The van der Waals surface area contributed by atoms with Crippen molar-refractivity contribution < 1.29 is 0 Å². The Morgan fingerprint density at radius 1 is 1.03 bits per heavy atom. The van der Waals surface area contributed by atoms with Crippen LogP contribution in [0.2, 0.25) is 0 Å². The van der Waals surface area contributed by atoms with E-state index in [0.29, 0.717) is 5.92 Å². The fourth-order valence-electron chi connectivity index (χ4n) is 4.35. The van der Waals surface area contributed by atoms with Crippen molar-refractivity contribution >= 4 is 29.9 Å². The van der Waals surface area contributed by atoms with Gasteiger partial charge in [-0.05, 0) is 52.1 Å². The van der Waals surface area contributed by atoms with Crippen molar-refractivity contribution in [2.24, 2.45) is 10.9 Å². The first-order chi connectivity index (χ1) is 13.6. The molecule has 0 saturated carbocycles. The summed E-state index contributed by atoms with van der Waals surface area (Å²) in [6.45, 7) is 21.6. The quantitative estimate of drug-likeness (QED) is 0.200. The van der Waals surface area contributed by atoms with Crippen LogP contribution >= 0.6 is 24.0 Å². The third kappa shape index (κ3) is 10.6. The molecule has 7 heteroatoms. The molecule has 0 aromatic rings. The molecule has 0 amide bonds. The molecule has 2 aliphatic rings. The molecule has 29 heavy (non-hydrogen) atoms. The Balaban J connectivity index is 0.00000420. The topological polar surface area (TPSA) is 46.1 Å². The summed E-state index contributed by atoms with van der Waals surface area (Å²) in [5, 5.41) is 6.95. The van der Waals surface area contributed by atoms with Gasteiger partial charge in [0, 0.05) is 64.9 Å². The van der Waals surface area contributed by atoms with Crippen molar-refractivity contribution in [3.8, 4) is 0 Å². The first-order valence-electron chi connectivity index (χ1n) is 11.8. The zero-order valence-corrected chi connectivity index (χ0v) is 21.8. The van der Waals surface area contributed by atoms with Crippen LogP contribution in [0.3, 0.4) is 0 Å². The second kappa shape index (κ2) is 15.6. The van der Waals surface area contributed by atoms with Crippen LogP contribution in [0, 0.1) is 5.92 Å². The number of nitrogens with zero attached hydrogens (tertiary/aromatic N) is 4. The lowest BCUT2D eigenvalue weighted by atomic mass is 10.0. The molecule has 0 aromatic heterocycles. The zero-order valence-electron chi connectivity index (χ0n) is 19.5. The summed E-state index contributed by atoms with van der Waals surface area (Å²) in [6.07, 6.45) is 5.32. The highest BCUT2D eigenvalue weighted by molar-refractivity contribution is 14.0. The Bertz CT molecular complexity index is 439. The molecule has 2 unspecified atom stereocenters. The second-order valence-corrected chi connectivity index (χ2v) is 8.72. The van der Waals surface area contributed by atoms with Gasteiger partial charge in [0.25, 0.3) is 0 Å². The lowest BCUT2D eigenvalue weighted by Crippen LogP contribution is -2.47. The van der Waals surface area contributed by atoms with Gasteiger partial charge in [0.2, 0.25) is 0 Å². The van der Waals surface area contributed by atoms with Crippen molar-refractivity contribution in [1.82, 2.24) is 25.3 Å². The number of rotatable bonds is 10. The summed E-state index contributed by atoms with van der Waals surface area (Å²) in [4.78, 5) is 12.6. The van der Waals surface area contributed by atoms with Gasteiger partial charge in [-0.3, -0.25) is 4.99 Å². The monoisotopic (exact) mass is 522 g/mol. The Morgan fingerprint density at radius 3 is 2.41 bits per heavy atom. The summed E-state index contributed by atoms with van der Waals surface area (Å²) in [7, 11) is 0. The Kier molecular flexibility index (Phi) is 14.5. The molecule has 2 rings (SSSR count). The fraction of sp³-hybridized carbons (Fsp3) is 0.955. The van der Waals surface area contributed by atoms with Gasteiger partial charge in [0.15, 0.2) is 5.96 Å². The van der Waals surface area contributed by atoms with Gasteiger partial charge in [0.05, 0.1) is 0 Å². The standard InChI is InChI=1S/C22H46N6.HI/c1-5-23-22(24-11-9-13-28-12-8-7-10-21(28)4)25-18-20(3)19-27-16-14-26(6-2)15-17-27;/h20-21H,5-19H2,1-4H3,(H2,23,24,25);1H. The van der Waals surface area contributed by atoms with Gasteiger partial charge in [-0.1, -0.05) is 20.3 Å². The van der Waals surface area contributed by atoms with Crippen LogP contribution in [-0.2, 0) is 0 Å². The van der Waals surface area contributed by atoms with Crippen molar-refractivity contribution in [3.05, 3.63) is 0 Å². The van der Waals surface area contributed by atoms with Crippen LogP contribution in [0.5, 0.6) is 0 Å². The first kappa shape index (κ1) is 26.9. The Morgan fingerprint density at radius 2 is 1.76 bits per heavy atom. The van der Waals surface area contributed by atoms with E-state index in [1.807, 2.05) is 0 Å². The predicted molar refractivity (Wildman–Crippen MR) is 137 cm³/mol. The smallest absolute Gasteiger partial charge is 0.191 e. The van der Waals surface area contributed by atoms with E-state index in [2.05, 4.69) is 53.0 Å². The van der Waals surface area contributed by atoms with Crippen LogP contribution in [0.4, 0.5) is 0 Å². The first-order valence-corrected chi connectivity index (χ1v) is 11.8. The number of nitrogens with one attached hydrogen (secondary N) is 2. The molecule has 0 aliphatic carbocycles. The number of aliphatic imine (C=N–C) groups is 1. The number of likely N-dealkylation sites (tertiary alicyclic amines) is 1. The van der Waals surface area contributed by atoms with E-state index in [-0.39, 0.29) is 24.0 Å². The molecule has 2 aliphatic heterocycles. The van der Waals surface area contributed by atoms with E-state index in [4.69, 9.17) is 4.99 Å². The maximum absolute atomic E-state index is 4.85. The minimum atomic E-state index is 0. The van der Waals surface area contributed by atoms with Crippen molar-refractivity contribution in [3.63, 3.8) is 0 Å². The number of halogens is 1. The molecular formula is C22H47IN6. The second-order valence-electron chi connectivity index (χ2n) is 8.72. The van der Waals surface area contributed by atoms with E-state index < -0.39 is 0 Å². The summed E-state index contributed by atoms with van der Waals surface area (Å²) in [6, 6.07) is 0.760. The highest BCUT2D eigenvalue weighted by atomic mass is 127. The van der Waals surface area contributed by atoms with Crippen LogP contribution < -0.4 is 10.6 Å². The van der Waals surface area contributed by atoms with Crippen LogP contribution in [0.25, 0.3) is 0 Å². The summed E-state index contributed by atoms with van der Waals surface area (Å²) in [5.41, 5.74) is 0. The van der Waals surface area contributed by atoms with Gasteiger partial charge in [-0.25, -0.2) is 0 Å². The minimum Gasteiger partial charge on any atom is -0.357 e. The number of hydrogen-bond acceptors (Lipinski definition) is 4. The summed E-state index contributed by atoms with van der Waals surface area (Å²) < 4.78 is 0. The predicted octanol–water partition coefficient (Wildman–Crippen LogP) is 2.70. The molecule has 0 aromatic carbocycles. The van der Waals surface area contributed by atoms with Gasteiger partial charge in [-0.2, -0.15) is 0 Å². The van der Waals surface area contributed by atoms with E-state index in [1.54, 1.807) is 0 Å². The molecule has 2 N–H and O–H groups in total.